The predicted octanol–water partition coefficient (Wildman–Crippen LogP) is 5.09. The second kappa shape index (κ2) is 5.70. The number of fused-ring (bicyclic) bond motifs is 2. The molecular weight excluding hydrogens is 306 g/mol. The smallest absolute Gasteiger partial charge is 0.308 e. The molecule has 0 aliphatic heterocycles. The van der Waals surface area contributed by atoms with E-state index in [9.17, 15) is 4.79 Å². The molecule has 0 saturated heterocycles. The number of amides is 2. The van der Waals surface area contributed by atoms with Crippen molar-refractivity contribution in [3.8, 4) is 0 Å². The lowest BCUT2D eigenvalue weighted by Gasteiger charge is -2.06. The summed E-state index contributed by atoms with van der Waals surface area (Å²) in [4.78, 5) is 16.5. The summed E-state index contributed by atoms with van der Waals surface area (Å²) in [6, 6.07) is 21.4. The molecule has 0 fully saturated rings. The lowest BCUT2D eigenvalue weighted by molar-refractivity contribution is 0.262. The summed E-state index contributed by atoms with van der Waals surface area (Å²) in [7, 11) is 0. The van der Waals surface area contributed by atoms with Crippen LogP contribution in [0.2, 0.25) is 0 Å². The largest absolute Gasteiger partial charge is 0.325 e. The number of hydrogen-bond acceptors (Lipinski definition) is 3. The molecule has 3 aromatic carbocycles. The molecule has 0 bridgehead atoms. The predicted molar refractivity (Wildman–Crippen MR) is 96.2 cm³/mol. The van der Waals surface area contributed by atoms with Gasteiger partial charge in [0.1, 0.15) is 0 Å². The molecule has 1 heterocycles. The van der Waals surface area contributed by atoms with Gasteiger partial charge in [0.2, 0.25) is 0 Å². The van der Waals surface area contributed by atoms with Crippen LogP contribution in [-0.4, -0.2) is 11.0 Å². The molecule has 5 heteroatoms. The zero-order valence-electron chi connectivity index (χ0n) is 12.1. The van der Waals surface area contributed by atoms with Gasteiger partial charge in [-0.15, -0.1) is 0 Å². The van der Waals surface area contributed by atoms with Crippen molar-refractivity contribution in [1.82, 2.24) is 4.98 Å². The van der Waals surface area contributed by atoms with E-state index in [1.54, 1.807) is 0 Å². The number of nitrogens with zero attached hydrogens (tertiary/aromatic N) is 1. The third-order valence-electron chi connectivity index (χ3n) is 3.52. The fourth-order valence-electron chi connectivity index (χ4n) is 2.45. The summed E-state index contributed by atoms with van der Waals surface area (Å²) in [6.07, 6.45) is 0. The summed E-state index contributed by atoms with van der Waals surface area (Å²) in [5.74, 6) is 0. The fourth-order valence-corrected chi connectivity index (χ4v) is 3.31. The van der Waals surface area contributed by atoms with Crippen LogP contribution in [0.5, 0.6) is 0 Å². The second-order valence-corrected chi connectivity index (χ2v) is 6.16. The van der Waals surface area contributed by atoms with Crippen LogP contribution in [-0.2, 0) is 0 Å². The normalized spacial score (nSPS) is 10.8. The van der Waals surface area contributed by atoms with Gasteiger partial charge in [-0.2, -0.15) is 0 Å². The van der Waals surface area contributed by atoms with Crippen LogP contribution < -0.4 is 10.6 Å². The molecule has 0 unspecified atom stereocenters. The Kier molecular flexibility index (Phi) is 3.40. The lowest BCUT2D eigenvalue weighted by Crippen LogP contribution is -2.19. The Morgan fingerprint density at radius 2 is 1.65 bits per heavy atom. The summed E-state index contributed by atoms with van der Waals surface area (Å²) in [5.41, 5.74) is 1.64. The summed E-state index contributed by atoms with van der Waals surface area (Å²) in [6.45, 7) is 0. The molecule has 0 saturated carbocycles. The van der Waals surface area contributed by atoms with Gasteiger partial charge in [0.05, 0.1) is 10.2 Å². The average Bonchev–Trinajstić information content (AvgIpc) is 2.96. The van der Waals surface area contributed by atoms with Crippen LogP contribution in [0.25, 0.3) is 21.0 Å². The second-order valence-electron chi connectivity index (χ2n) is 5.13. The topological polar surface area (TPSA) is 54.0 Å². The van der Waals surface area contributed by atoms with Gasteiger partial charge in [-0.25, -0.2) is 9.78 Å². The van der Waals surface area contributed by atoms with Gasteiger partial charge in [-0.05, 0) is 35.0 Å². The van der Waals surface area contributed by atoms with E-state index >= 15 is 0 Å². The number of hydrogen-bond donors (Lipinski definition) is 2. The van der Waals surface area contributed by atoms with Crippen molar-refractivity contribution in [3.05, 3.63) is 66.7 Å². The van der Waals surface area contributed by atoms with Gasteiger partial charge in [-0.3, -0.25) is 5.32 Å². The SMILES string of the molecule is O=C(Nc1ccc2ccccc2c1)Nc1nc2ccccc2s1. The Morgan fingerprint density at radius 1 is 0.870 bits per heavy atom. The van der Waals surface area contributed by atoms with Crippen molar-refractivity contribution in [2.45, 2.75) is 0 Å². The van der Waals surface area contributed by atoms with E-state index in [2.05, 4.69) is 15.6 Å². The monoisotopic (exact) mass is 319 g/mol. The van der Waals surface area contributed by atoms with E-state index in [0.29, 0.717) is 5.13 Å². The Morgan fingerprint density at radius 3 is 2.52 bits per heavy atom. The third-order valence-corrected chi connectivity index (χ3v) is 4.47. The Labute approximate surface area is 136 Å². The first-order valence-electron chi connectivity index (χ1n) is 7.20. The molecule has 1 aromatic heterocycles. The number of benzene rings is 3. The van der Waals surface area contributed by atoms with Crippen molar-refractivity contribution >= 4 is 49.2 Å². The van der Waals surface area contributed by atoms with E-state index < -0.39 is 0 Å². The molecule has 0 aliphatic carbocycles. The van der Waals surface area contributed by atoms with Gasteiger partial charge < -0.3 is 5.32 Å². The van der Waals surface area contributed by atoms with Crippen molar-refractivity contribution in [3.63, 3.8) is 0 Å². The maximum Gasteiger partial charge on any atom is 0.325 e. The summed E-state index contributed by atoms with van der Waals surface area (Å²) in [5, 5.41) is 8.45. The molecule has 0 aliphatic rings. The van der Waals surface area contributed by atoms with E-state index in [1.807, 2.05) is 66.7 Å². The number of carbonyl (C=O) groups excluding carboxylic acids is 1. The van der Waals surface area contributed by atoms with Crippen LogP contribution in [0.15, 0.2) is 66.7 Å². The molecule has 0 spiro atoms. The minimum Gasteiger partial charge on any atom is -0.308 e. The highest BCUT2D eigenvalue weighted by Gasteiger charge is 2.07. The van der Waals surface area contributed by atoms with E-state index in [-0.39, 0.29) is 6.03 Å². The van der Waals surface area contributed by atoms with Crippen molar-refractivity contribution < 1.29 is 4.79 Å². The Balaban J connectivity index is 1.52. The maximum atomic E-state index is 12.1. The average molecular weight is 319 g/mol. The van der Waals surface area contributed by atoms with Crippen molar-refractivity contribution in [1.29, 1.82) is 0 Å². The van der Waals surface area contributed by atoms with Gasteiger partial charge in [0.25, 0.3) is 0 Å². The fraction of sp³-hybridized carbons (Fsp3) is 0. The van der Waals surface area contributed by atoms with Crippen LogP contribution in [0, 0.1) is 0 Å². The number of thiazole rings is 1. The van der Waals surface area contributed by atoms with Crippen molar-refractivity contribution in [2.75, 3.05) is 10.6 Å². The zero-order valence-corrected chi connectivity index (χ0v) is 12.9. The number of urea groups is 1. The first kappa shape index (κ1) is 13.7. The molecule has 2 amide bonds. The highest BCUT2D eigenvalue weighted by atomic mass is 32.1. The Bertz CT molecular complexity index is 976. The van der Waals surface area contributed by atoms with Gasteiger partial charge >= 0.3 is 6.03 Å². The lowest BCUT2D eigenvalue weighted by atomic mass is 10.1. The molecular formula is C18H13N3OS. The number of para-hydroxylation sites is 1. The van der Waals surface area contributed by atoms with Crippen LogP contribution in [0.1, 0.15) is 0 Å². The number of nitrogens with one attached hydrogen (secondary N) is 2. The van der Waals surface area contributed by atoms with Crippen LogP contribution in [0.4, 0.5) is 15.6 Å². The molecule has 4 aromatic rings. The summed E-state index contributed by atoms with van der Waals surface area (Å²) < 4.78 is 1.05. The molecule has 0 radical (unpaired) electrons. The van der Waals surface area contributed by atoms with E-state index in [4.69, 9.17) is 0 Å². The van der Waals surface area contributed by atoms with Gasteiger partial charge in [-0.1, -0.05) is 53.8 Å². The molecule has 112 valence electrons. The molecule has 2 N–H and O–H groups in total. The first-order chi connectivity index (χ1) is 11.3. The van der Waals surface area contributed by atoms with E-state index in [1.165, 1.54) is 11.3 Å². The van der Waals surface area contributed by atoms with E-state index in [0.717, 1.165) is 26.7 Å². The van der Waals surface area contributed by atoms with Gasteiger partial charge in [0.15, 0.2) is 5.13 Å². The minimum absolute atomic E-state index is 0.292. The molecule has 0 atom stereocenters. The standard InChI is InChI=1S/C18H13N3OS/c22-17(21-18-20-15-7-3-4-8-16(15)23-18)19-14-10-9-12-5-1-2-6-13(12)11-14/h1-11H,(H2,19,20,21,22). The molecule has 4 rings (SSSR count). The highest BCUT2D eigenvalue weighted by Crippen LogP contribution is 2.25. The highest BCUT2D eigenvalue weighted by molar-refractivity contribution is 7.22. The number of carbonyl (C=O) groups is 1. The van der Waals surface area contributed by atoms with Crippen LogP contribution in [0.3, 0.4) is 0 Å². The number of aromatic nitrogens is 1. The number of anilines is 2. The van der Waals surface area contributed by atoms with Gasteiger partial charge in [0, 0.05) is 5.69 Å². The molecule has 4 nitrogen and oxygen atoms in total. The minimum atomic E-state index is -0.292. The number of rotatable bonds is 2. The maximum absolute atomic E-state index is 12.1. The Hall–Kier alpha value is -2.92. The summed E-state index contributed by atoms with van der Waals surface area (Å²) >= 11 is 1.46. The first-order valence-corrected chi connectivity index (χ1v) is 8.02. The zero-order chi connectivity index (χ0) is 15.6. The van der Waals surface area contributed by atoms with Crippen LogP contribution >= 0.6 is 11.3 Å². The van der Waals surface area contributed by atoms with Crippen molar-refractivity contribution in [2.24, 2.45) is 0 Å². The molecule has 23 heavy (non-hydrogen) atoms. The third kappa shape index (κ3) is 2.86. The quantitative estimate of drug-likeness (QED) is 0.540.